The largest absolute Gasteiger partial charge is 0.369 e. The molecule has 0 radical (unpaired) electrons. The molecule has 15 heavy (non-hydrogen) atoms. The van der Waals surface area contributed by atoms with Crippen LogP contribution in [0.2, 0.25) is 0 Å². The van der Waals surface area contributed by atoms with Crippen molar-refractivity contribution >= 4 is 21.6 Å². The topological polar surface area (TPSA) is 27.0 Å². The van der Waals surface area contributed by atoms with Crippen LogP contribution < -0.4 is 4.90 Å². The summed E-state index contributed by atoms with van der Waals surface area (Å²) in [7, 11) is 0. The van der Waals surface area contributed by atoms with E-state index in [9.17, 15) is 0 Å². The van der Waals surface area contributed by atoms with Crippen LogP contribution in [-0.2, 0) is 0 Å². The third-order valence-electron chi connectivity index (χ3n) is 3.43. The molecule has 0 bridgehead atoms. The molecule has 1 saturated carbocycles. The highest BCUT2D eigenvalue weighted by atomic mass is 79.9. The zero-order chi connectivity index (χ0) is 10.5. The first-order valence-electron chi connectivity index (χ1n) is 5.17. The van der Waals surface area contributed by atoms with Gasteiger partial charge in [-0.3, -0.25) is 0 Å². The zero-order valence-electron chi connectivity index (χ0n) is 8.33. The Hall–Kier alpha value is -1.01. The lowest BCUT2D eigenvalue weighted by Gasteiger charge is -2.42. The van der Waals surface area contributed by atoms with Gasteiger partial charge in [-0.05, 0) is 47.0 Å². The molecule has 1 aromatic carbocycles. The monoisotopic (exact) mass is 262 g/mol. The van der Waals surface area contributed by atoms with Crippen molar-refractivity contribution in [2.75, 3.05) is 18.0 Å². The predicted octanol–water partition coefficient (Wildman–Crippen LogP) is 2.92. The summed E-state index contributed by atoms with van der Waals surface area (Å²) in [6, 6.07) is 7.97. The van der Waals surface area contributed by atoms with Gasteiger partial charge in [-0.2, -0.15) is 5.26 Å². The molecule has 1 spiro atoms. The highest BCUT2D eigenvalue weighted by molar-refractivity contribution is 9.10. The van der Waals surface area contributed by atoms with Gasteiger partial charge in [-0.1, -0.05) is 0 Å². The Morgan fingerprint density at radius 1 is 1.33 bits per heavy atom. The Kier molecular flexibility index (Phi) is 1.84. The fourth-order valence-electron chi connectivity index (χ4n) is 2.26. The van der Waals surface area contributed by atoms with Crippen LogP contribution in [0.3, 0.4) is 0 Å². The van der Waals surface area contributed by atoms with Crippen molar-refractivity contribution in [3.8, 4) is 6.07 Å². The molecule has 2 aliphatic rings. The highest BCUT2D eigenvalue weighted by Gasteiger charge is 2.52. The third-order valence-corrected chi connectivity index (χ3v) is 4.06. The number of rotatable bonds is 1. The molecule has 0 atom stereocenters. The molecule has 1 aliphatic heterocycles. The van der Waals surface area contributed by atoms with Gasteiger partial charge in [-0.25, -0.2) is 0 Å². The van der Waals surface area contributed by atoms with E-state index in [1.54, 1.807) is 0 Å². The molecule has 0 aromatic heterocycles. The average molecular weight is 263 g/mol. The van der Waals surface area contributed by atoms with Gasteiger partial charge in [0, 0.05) is 23.0 Å². The molecule has 0 N–H and O–H groups in total. The van der Waals surface area contributed by atoms with Crippen LogP contribution >= 0.6 is 15.9 Å². The predicted molar refractivity (Wildman–Crippen MR) is 62.7 cm³/mol. The molecule has 0 amide bonds. The van der Waals surface area contributed by atoms with Gasteiger partial charge >= 0.3 is 0 Å². The second kappa shape index (κ2) is 2.99. The van der Waals surface area contributed by atoms with Gasteiger partial charge in [0.1, 0.15) is 0 Å². The molecule has 3 heteroatoms. The summed E-state index contributed by atoms with van der Waals surface area (Å²) < 4.78 is 1.04. The van der Waals surface area contributed by atoms with Crippen LogP contribution in [0.15, 0.2) is 22.7 Å². The number of nitriles is 1. The van der Waals surface area contributed by atoms with E-state index >= 15 is 0 Å². The fourth-order valence-corrected chi connectivity index (χ4v) is 2.89. The summed E-state index contributed by atoms with van der Waals surface area (Å²) in [5, 5.41) is 8.77. The van der Waals surface area contributed by atoms with Crippen LogP contribution in [0, 0.1) is 16.7 Å². The number of nitrogens with zero attached hydrogens (tertiary/aromatic N) is 2. The Labute approximate surface area is 97.6 Å². The molecule has 1 aliphatic carbocycles. The van der Waals surface area contributed by atoms with E-state index < -0.39 is 0 Å². The summed E-state index contributed by atoms with van der Waals surface area (Å²) in [6.45, 7) is 2.38. The lowest BCUT2D eigenvalue weighted by Crippen LogP contribution is -2.48. The summed E-state index contributed by atoms with van der Waals surface area (Å²) >= 11 is 3.53. The van der Waals surface area contributed by atoms with Crippen molar-refractivity contribution in [2.24, 2.45) is 5.41 Å². The van der Waals surface area contributed by atoms with E-state index in [0.29, 0.717) is 11.0 Å². The normalized spacial score (nSPS) is 20.9. The minimum absolute atomic E-state index is 0.674. The van der Waals surface area contributed by atoms with E-state index in [2.05, 4.69) is 26.9 Å². The van der Waals surface area contributed by atoms with Crippen molar-refractivity contribution < 1.29 is 0 Å². The molecule has 1 saturated heterocycles. The molecular weight excluding hydrogens is 252 g/mol. The Morgan fingerprint density at radius 3 is 2.60 bits per heavy atom. The lowest BCUT2D eigenvalue weighted by molar-refractivity contribution is 0.387. The van der Waals surface area contributed by atoms with Gasteiger partial charge in [0.25, 0.3) is 0 Å². The first-order chi connectivity index (χ1) is 7.22. The van der Waals surface area contributed by atoms with Gasteiger partial charge in [0.05, 0.1) is 17.3 Å². The molecule has 1 aromatic rings. The standard InChI is InChI=1S/C12H11BrN2/c13-10-5-9(6-14)1-2-11(10)15-7-12(8-15)3-4-12/h1-2,5H,3-4,7-8H2. The van der Waals surface area contributed by atoms with Crippen LogP contribution in [-0.4, -0.2) is 13.1 Å². The molecule has 76 valence electrons. The van der Waals surface area contributed by atoms with E-state index in [1.807, 2.05) is 18.2 Å². The Morgan fingerprint density at radius 2 is 2.07 bits per heavy atom. The van der Waals surface area contributed by atoms with Crippen LogP contribution in [0.5, 0.6) is 0 Å². The van der Waals surface area contributed by atoms with Gasteiger partial charge < -0.3 is 4.90 Å². The number of halogens is 1. The van der Waals surface area contributed by atoms with Gasteiger partial charge in [0.2, 0.25) is 0 Å². The van der Waals surface area contributed by atoms with E-state index in [0.717, 1.165) is 4.47 Å². The van der Waals surface area contributed by atoms with Crippen molar-refractivity contribution in [1.29, 1.82) is 5.26 Å². The van der Waals surface area contributed by atoms with Gasteiger partial charge in [-0.15, -0.1) is 0 Å². The quantitative estimate of drug-likeness (QED) is 0.778. The van der Waals surface area contributed by atoms with Crippen LogP contribution in [0.4, 0.5) is 5.69 Å². The summed E-state index contributed by atoms with van der Waals surface area (Å²) in [6.07, 6.45) is 2.80. The summed E-state index contributed by atoms with van der Waals surface area (Å²) in [5.74, 6) is 0. The van der Waals surface area contributed by atoms with E-state index in [1.165, 1.54) is 31.6 Å². The second-order valence-electron chi connectivity index (χ2n) is 4.63. The van der Waals surface area contributed by atoms with Crippen molar-refractivity contribution in [2.45, 2.75) is 12.8 Å². The molecule has 2 nitrogen and oxygen atoms in total. The molecule has 2 fully saturated rings. The van der Waals surface area contributed by atoms with Crippen molar-refractivity contribution in [1.82, 2.24) is 0 Å². The lowest BCUT2D eigenvalue weighted by atomic mass is 9.96. The minimum atomic E-state index is 0.674. The SMILES string of the molecule is N#Cc1ccc(N2CC3(CC3)C2)c(Br)c1. The summed E-state index contributed by atoms with van der Waals surface area (Å²) in [4.78, 5) is 2.39. The van der Waals surface area contributed by atoms with Crippen molar-refractivity contribution in [3.05, 3.63) is 28.2 Å². The number of hydrogen-bond donors (Lipinski definition) is 0. The zero-order valence-corrected chi connectivity index (χ0v) is 9.92. The Bertz CT molecular complexity index is 449. The molecular formula is C12H11BrN2. The summed E-state index contributed by atoms with van der Waals surface area (Å²) in [5.41, 5.74) is 2.62. The number of anilines is 1. The molecule has 3 rings (SSSR count). The number of hydrogen-bond acceptors (Lipinski definition) is 2. The first-order valence-corrected chi connectivity index (χ1v) is 5.96. The van der Waals surface area contributed by atoms with Crippen LogP contribution in [0.1, 0.15) is 18.4 Å². The smallest absolute Gasteiger partial charge is 0.0992 e. The maximum absolute atomic E-state index is 8.77. The Balaban J connectivity index is 1.84. The first kappa shape index (κ1) is 9.23. The maximum atomic E-state index is 8.77. The molecule has 0 unspecified atom stereocenters. The van der Waals surface area contributed by atoms with E-state index in [4.69, 9.17) is 5.26 Å². The maximum Gasteiger partial charge on any atom is 0.0992 e. The van der Waals surface area contributed by atoms with Crippen molar-refractivity contribution in [3.63, 3.8) is 0 Å². The fraction of sp³-hybridized carbons (Fsp3) is 0.417. The van der Waals surface area contributed by atoms with E-state index in [-0.39, 0.29) is 0 Å². The van der Waals surface area contributed by atoms with Gasteiger partial charge in [0.15, 0.2) is 0 Å². The highest BCUT2D eigenvalue weighted by Crippen LogP contribution is 2.54. The third kappa shape index (κ3) is 1.44. The molecule has 1 heterocycles. The van der Waals surface area contributed by atoms with Crippen LogP contribution in [0.25, 0.3) is 0 Å². The average Bonchev–Trinajstić information content (AvgIpc) is 2.95. The minimum Gasteiger partial charge on any atom is -0.369 e. The number of benzene rings is 1. The second-order valence-corrected chi connectivity index (χ2v) is 5.49.